The van der Waals surface area contributed by atoms with E-state index in [1.165, 1.54) is 89.0 Å². The monoisotopic (exact) mass is 620 g/mol. The van der Waals surface area contributed by atoms with Gasteiger partial charge in [-0.3, -0.25) is 9.97 Å². The van der Waals surface area contributed by atoms with Crippen molar-refractivity contribution in [3.63, 3.8) is 0 Å². The van der Waals surface area contributed by atoms with Crippen LogP contribution in [0.5, 0.6) is 0 Å². The number of nitrogens with zero attached hydrogens (tertiary/aromatic N) is 2. The number of aryl methyl sites for hydroxylation is 2. The molecule has 2 nitrogen and oxygen atoms in total. The Bertz CT molecular complexity index is 2090. The van der Waals surface area contributed by atoms with E-state index in [1.54, 1.807) is 0 Å². The van der Waals surface area contributed by atoms with Crippen molar-refractivity contribution in [1.29, 1.82) is 0 Å². The van der Waals surface area contributed by atoms with Crippen molar-refractivity contribution >= 4 is 0 Å². The maximum atomic E-state index is 4.72. The molecule has 0 bridgehead atoms. The number of hydrogen-bond donors (Lipinski definition) is 0. The largest absolute Gasteiger partial charge is 0.256 e. The molecule has 2 heterocycles. The molecular weight excluding hydrogens is 581 g/mol. The van der Waals surface area contributed by atoms with E-state index in [1.807, 2.05) is 24.5 Å². The molecule has 0 atom stereocenters. The average Bonchev–Trinajstić information content (AvgIpc) is 3.13. The summed E-state index contributed by atoms with van der Waals surface area (Å²) in [7, 11) is 0. The van der Waals surface area contributed by atoms with Crippen LogP contribution in [-0.4, -0.2) is 9.97 Å². The van der Waals surface area contributed by atoms with Gasteiger partial charge in [-0.25, -0.2) is 0 Å². The summed E-state index contributed by atoms with van der Waals surface area (Å²) in [4.78, 5) is 9.44. The highest BCUT2D eigenvalue weighted by molar-refractivity contribution is 5.97. The van der Waals surface area contributed by atoms with Crippen LogP contribution < -0.4 is 0 Å². The van der Waals surface area contributed by atoms with E-state index >= 15 is 0 Å². The van der Waals surface area contributed by atoms with E-state index in [0.29, 0.717) is 0 Å². The van der Waals surface area contributed by atoms with Crippen molar-refractivity contribution < 1.29 is 0 Å². The van der Waals surface area contributed by atoms with Crippen LogP contribution in [0.25, 0.3) is 67.0 Å². The molecule has 234 valence electrons. The van der Waals surface area contributed by atoms with Crippen LogP contribution in [0.3, 0.4) is 0 Å². The lowest BCUT2D eigenvalue weighted by Crippen LogP contribution is -2.01. The molecule has 0 unspecified atom stereocenters. The average molecular weight is 621 g/mol. The number of pyridine rings is 2. The molecule has 7 rings (SSSR count). The van der Waals surface area contributed by atoms with Crippen LogP contribution in [0.2, 0.25) is 0 Å². The van der Waals surface area contributed by atoms with Crippen molar-refractivity contribution in [2.75, 3.05) is 0 Å². The van der Waals surface area contributed by atoms with Crippen LogP contribution in [0.4, 0.5) is 0 Å². The lowest BCUT2D eigenvalue weighted by Gasteiger charge is -2.23. The predicted octanol–water partition coefficient (Wildman–Crippen LogP) is 12.3. The fourth-order valence-corrected chi connectivity index (χ4v) is 7.29. The molecule has 0 aliphatic heterocycles. The van der Waals surface area contributed by atoms with Gasteiger partial charge in [-0.1, -0.05) is 84.9 Å². The van der Waals surface area contributed by atoms with Gasteiger partial charge in [0.1, 0.15) is 0 Å². The van der Waals surface area contributed by atoms with Crippen LogP contribution in [0, 0.1) is 41.5 Å². The van der Waals surface area contributed by atoms with Gasteiger partial charge in [-0.05, 0) is 156 Å². The zero-order valence-corrected chi connectivity index (χ0v) is 28.6. The molecule has 7 aromatic rings. The van der Waals surface area contributed by atoms with Crippen LogP contribution in [-0.2, 0) is 0 Å². The Kier molecular flexibility index (Phi) is 8.33. The minimum absolute atomic E-state index is 1.01. The first-order valence-electron chi connectivity index (χ1n) is 16.7. The van der Waals surface area contributed by atoms with E-state index in [9.17, 15) is 0 Å². The van der Waals surface area contributed by atoms with Crippen molar-refractivity contribution in [3.05, 3.63) is 167 Å². The minimum atomic E-state index is 1.01. The van der Waals surface area contributed by atoms with Gasteiger partial charge >= 0.3 is 0 Å². The third-order valence-electron chi connectivity index (χ3n) is 9.94. The molecular formula is C46H40N2. The number of rotatable bonds is 6. The smallest absolute Gasteiger partial charge is 0.0707 e. The number of benzene rings is 5. The lowest BCUT2D eigenvalue weighted by atomic mass is 9.80. The Morgan fingerprint density at radius 2 is 0.708 bits per heavy atom. The number of hydrogen-bond acceptors (Lipinski definition) is 2. The predicted molar refractivity (Wildman–Crippen MR) is 203 cm³/mol. The summed E-state index contributed by atoms with van der Waals surface area (Å²) in [5.41, 5.74) is 21.8. The highest BCUT2D eigenvalue weighted by atomic mass is 14.7. The van der Waals surface area contributed by atoms with Gasteiger partial charge < -0.3 is 0 Å². The van der Waals surface area contributed by atoms with Crippen molar-refractivity contribution in [2.24, 2.45) is 0 Å². The molecule has 5 aromatic carbocycles. The second-order valence-electron chi connectivity index (χ2n) is 12.8. The highest BCUT2D eigenvalue weighted by Gasteiger charge is 2.22. The van der Waals surface area contributed by atoms with E-state index < -0.39 is 0 Å². The van der Waals surface area contributed by atoms with E-state index in [4.69, 9.17) is 9.97 Å². The SMILES string of the molecule is Cc1cc(-c2cc(-c3ccccc3)c(-c3cc(C)c(-c4ccccn4)c(C)c3C)cc2-c2ccccc2)c(C)c(C)c1-c1ccccn1. The first-order valence-corrected chi connectivity index (χ1v) is 16.7. The maximum absolute atomic E-state index is 4.72. The molecule has 2 aromatic heterocycles. The lowest BCUT2D eigenvalue weighted by molar-refractivity contribution is 1.25. The van der Waals surface area contributed by atoms with Crippen molar-refractivity contribution in [1.82, 2.24) is 9.97 Å². The third kappa shape index (κ3) is 5.54. The molecule has 0 aliphatic rings. The summed E-state index contributed by atoms with van der Waals surface area (Å²) >= 11 is 0. The van der Waals surface area contributed by atoms with E-state index in [2.05, 4.69) is 151 Å². The quantitative estimate of drug-likeness (QED) is 0.185. The molecule has 0 radical (unpaired) electrons. The molecule has 0 saturated heterocycles. The van der Waals surface area contributed by atoms with Crippen molar-refractivity contribution in [2.45, 2.75) is 41.5 Å². The topological polar surface area (TPSA) is 25.8 Å². The van der Waals surface area contributed by atoms with Crippen LogP contribution >= 0.6 is 0 Å². The standard InChI is InChI=1S/C46H40N2/c1-29-25-37(31(3)33(5)45(29)43-21-13-15-23-47-43)41-27-40(36-19-11-8-12-20-36)42(28-39(41)35-17-9-7-10-18-35)38-26-30(2)46(34(6)32(38)4)44-22-14-16-24-48-44/h7-28H,1-6H3. The van der Waals surface area contributed by atoms with E-state index in [0.717, 1.165) is 11.4 Å². The Morgan fingerprint density at radius 3 is 1.06 bits per heavy atom. The zero-order chi connectivity index (χ0) is 33.4. The summed E-state index contributed by atoms with van der Waals surface area (Å²) in [6.07, 6.45) is 3.76. The molecule has 0 aliphatic carbocycles. The molecule has 0 saturated carbocycles. The van der Waals surface area contributed by atoms with Gasteiger partial charge in [0.25, 0.3) is 0 Å². The van der Waals surface area contributed by atoms with Gasteiger partial charge in [0.05, 0.1) is 11.4 Å². The molecule has 48 heavy (non-hydrogen) atoms. The molecule has 0 amide bonds. The fourth-order valence-electron chi connectivity index (χ4n) is 7.29. The first kappa shape index (κ1) is 31.0. The summed E-state index contributed by atoms with van der Waals surface area (Å²) < 4.78 is 0. The fraction of sp³-hybridized carbons (Fsp3) is 0.130. The van der Waals surface area contributed by atoms with Gasteiger partial charge in [-0.15, -0.1) is 0 Å². The summed E-state index contributed by atoms with van der Waals surface area (Å²) in [6.45, 7) is 13.4. The van der Waals surface area contributed by atoms with Crippen LogP contribution in [0.1, 0.15) is 33.4 Å². The minimum Gasteiger partial charge on any atom is -0.256 e. The summed E-state index contributed by atoms with van der Waals surface area (Å²) in [6, 6.07) is 43.6. The normalized spacial score (nSPS) is 11.1. The number of aromatic nitrogens is 2. The molecule has 2 heteroatoms. The van der Waals surface area contributed by atoms with E-state index in [-0.39, 0.29) is 0 Å². The molecule has 0 fully saturated rings. The first-order chi connectivity index (χ1) is 23.3. The summed E-state index contributed by atoms with van der Waals surface area (Å²) in [5, 5.41) is 0. The molecule has 0 spiro atoms. The second kappa shape index (κ2) is 12.9. The maximum Gasteiger partial charge on any atom is 0.0707 e. The van der Waals surface area contributed by atoms with Crippen LogP contribution in [0.15, 0.2) is 134 Å². The Morgan fingerprint density at radius 1 is 0.333 bits per heavy atom. The molecule has 0 N–H and O–H groups in total. The Hall–Kier alpha value is -5.60. The third-order valence-corrected chi connectivity index (χ3v) is 9.94. The summed E-state index contributed by atoms with van der Waals surface area (Å²) in [5.74, 6) is 0. The van der Waals surface area contributed by atoms with Crippen molar-refractivity contribution in [3.8, 4) is 67.0 Å². The Labute approximate surface area is 284 Å². The van der Waals surface area contributed by atoms with Gasteiger partial charge in [0, 0.05) is 23.5 Å². The second-order valence-corrected chi connectivity index (χ2v) is 12.8. The Balaban J connectivity index is 1.54. The van der Waals surface area contributed by atoms with Gasteiger partial charge in [-0.2, -0.15) is 0 Å². The zero-order valence-electron chi connectivity index (χ0n) is 28.6. The van der Waals surface area contributed by atoms with Gasteiger partial charge in [0.15, 0.2) is 0 Å². The highest BCUT2D eigenvalue weighted by Crippen LogP contribution is 2.46. The van der Waals surface area contributed by atoms with Gasteiger partial charge in [0.2, 0.25) is 0 Å².